The molecule has 0 bridgehead atoms. The van der Waals surface area contributed by atoms with Gasteiger partial charge in [0.2, 0.25) is 0 Å². The average Bonchev–Trinajstić information content (AvgIpc) is 2.49. The Kier molecular flexibility index (Phi) is 4.83. The number of hydrogen-bond donors (Lipinski definition) is 3. The first-order valence-corrected chi connectivity index (χ1v) is 6.76. The number of phenols is 1. The van der Waals surface area contributed by atoms with Crippen LogP contribution in [0.4, 0.5) is 20.6 Å². The summed E-state index contributed by atoms with van der Waals surface area (Å²) < 4.78 is 13.2. The molecule has 0 unspecified atom stereocenters. The summed E-state index contributed by atoms with van der Waals surface area (Å²) in [5, 5.41) is 14.5. The summed E-state index contributed by atoms with van der Waals surface area (Å²) in [4.78, 5) is 13.8. The van der Waals surface area contributed by atoms with E-state index in [2.05, 4.69) is 10.6 Å². The van der Waals surface area contributed by atoms with Gasteiger partial charge < -0.3 is 20.6 Å². The number of carbonyl (C=O) groups is 1. The molecule has 5 nitrogen and oxygen atoms in total. The van der Waals surface area contributed by atoms with Crippen LogP contribution in [0.25, 0.3) is 0 Å². The molecule has 2 rings (SSSR count). The van der Waals surface area contributed by atoms with Gasteiger partial charge in [-0.1, -0.05) is 18.2 Å². The van der Waals surface area contributed by atoms with Crippen LogP contribution in [0.15, 0.2) is 42.5 Å². The maximum Gasteiger partial charge on any atom is 0.319 e. The number of urea groups is 1. The highest BCUT2D eigenvalue weighted by atomic mass is 19.1. The number of phenolic OH excluding ortho intramolecular Hbond substituents is 1. The lowest BCUT2D eigenvalue weighted by atomic mass is 10.2. The number of para-hydroxylation sites is 2. The highest BCUT2D eigenvalue weighted by Crippen LogP contribution is 2.23. The third-order valence-electron chi connectivity index (χ3n) is 3.10. The Bertz CT molecular complexity index is 674. The van der Waals surface area contributed by atoms with Crippen LogP contribution >= 0.6 is 0 Å². The van der Waals surface area contributed by atoms with Gasteiger partial charge >= 0.3 is 6.03 Å². The van der Waals surface area contributed by atoms with Crippen molar-refractivity contribution in [2.45, 2.75) is 6.54 Å². The van der Waals surface area contributed by atoms with E-state index in [9.17, 15) is 9.18 Å². The minimum atomic E-state index is -0.710. The second kappa shape index (κ2) is 6.80. The van der Waals surface area contributed by atoms with Crippen molar-refractivity contribution < 1.29 is 14.3 Å². The number of rotatable bonds is 4. The van der Waals surface area contributed by atoms with Crippen molar-refractivity contribution >= 4 is 17.4 Å². The van der Waals surface area contributed by atoms with E-state index in [1.807, 2.05) is 37.2 Å². The van der Waals surface area contributed by atoms with Crippen LogP contribution in [0.2, 0.25) is 0 Å². The van der Waals surface area contributed by atoms with E-state index in [0.29, 0.717) is 11.3 Å². The number of anilines is 2. The average molecular weight is 303 g/mol. The van der Waals surface area contributed by atoms with E-state index in [4.69, 9.17) is 5.11 Å². The number of halogens is 1. The van der Waals surface area contributed by atoms with E-state index < -0.39 is 11.6 Å². The minimum Gasteiger partial charge on any atom is -0.505 e. The van der Waals surface area contributed by atoms with Crippen LogP contribution in [0.1, 0.15) is 5.56 Å². The summed E-state index contributed by atoms with van der Waals surface area (Å²) in [5.41, 5.74) is 2.13. The molecule has 22 heavy (non-hydrogen) atoms. The van der Waals surface area contributed by atoms with E-state index in [1.54, 1.807) is 12.1 Å². The summed E-state index contributed by atoms with van der Waals surface area (Å²) in [7, 11) is 3.77. The second-order valence-electron chi connectivity index (χ2n) is 5.01. The summed E-state index contributed by atoms with van der Waals surface area (Å²) in [6.07, 6.45) is 0. The number of aromatic hydroxyl groups is 1. The first kappa shape index (κ1) is 15.6. The molecule has 0 saturated heterocycles. The predicted molar refractivity (Wildman–Crippen MR) is 84.7 cm³/mol. The fourth-order valence-corrected chi connectivity index (χ4v) is 1.98. The zero-order chi connectivity index (χ0) is 16.1. The third kappa shape index (κ3) is 3.88. The first-order chi connectivity index (χ1) is 10.5. The number of amides is 2. The number of nitrogens with zero attached hydrogens (tertiary/aromatic N) is 1. The maximum atomic E-state index is 13.2. The van der Waals surface area contributed by atoms with Crippen LogP contribution < -0.4 is 15.5 Å². The number of benzene rings is 2. The number of carbonyl (C=O) groups excluding carboxylic acids is 1. The molecule has 0 aromatic heterocycles. The largest absolute Gasteiger partial charge is 0.505 e. The quantitative estimate of drug-likeness (QED) is 0.813. The van der Waals surface area contributed by atoms with E-state index in [1.165, 1.54) is 12.1 Å². The zero-order valence-corrected chi connectivity index (χ0v) is 12.4. The van der Waals surface area contributed by atoms with Gasteiger partial charge in [0.1, 0.15) is 0 Å². The Balaban J connectivity index is 1.97. The van der Waals surface area contributed by atoms with Gasteiger partial charge in [0.15, 0.2) is 11.6 Å². The molecule has 0 aliphatic carbocycles. The molecule has 6 heteroatoms. The highest BCUT2D eigenvalue weighted by molar-refractivity contribution is 5.93. The second-order valence-corrected chi connectivity index (χ2v) is 5.01. The van der Waals surface area contributed by atoms with Gasteiger partial charge in [-0.15, -0.1) is 0 Å². The van der Waals surface area contributed by atoms with Gasteiger partial charge in [-0.05, 0) is 29.8 Å². The molecule has 2 aromatic carbocycles. The van der Waals surface area contributed by atoms with E-state index in [0.717, 1.165) is 5.69 Å². The van der Waals surface area contributed by atoms with Crippen molar-refractivity contribution in [3.05, 3.63) is 53.8 Å². The van der Waals surface area contributed by atoms with Crippen molar-refractivity contribution in [2.75, 3.05) is 24.3 Å². The molecule has 0 radical (unpaired) electrons. The van der Waals surface area contributed by atoms with Crippen LogP contribution in [-0.2, 0) is 6.54 Å². The highest BCUT2D eigenvalue weighted by Gasteiger charge is 2.08. The van der Waals surface area contributed by atoms with Crippen LogP contribution in [-0.4, -0.2) is 25.2 Å². The lowest BCUT2D eigenvalue weighted by molar-refractivity contribution is 0.251. The van der Waals surface area contributed by atoms with Gasteiger partial charge in [-0.2, -0.15) is 0 Å². The molecule has 3 N–H and O–H groups in total. The van der Waals surface area contributed by atoms with Crippen molar-refractivity contribution in [1.82, 2.24) is 5.32 Å². The standard InChI is InChI=1S/C16H18FN3O2/c1-20(2)14-6-4-3-5-13(14)19-16(22)18-10-11-7-8-15(21)12(17)9-11/h3-9,21H,10H2,1-2H3,(H2,18,19,22). The molecule has 0 aliphatic heterocycles. The zero-order valence-electron chi connectivity index (χ0n) is 12.4. The topological polar surface area (TPSA) is 64.6 Å². The van der Waals surface area contributed by atoms with Crippen LogP contribution in [0.3, 0.4) is 0 Å². The SMILES string of the molecule is CN(C)c1ccccc1NC(=O)NCc1ccc(O)c(F)c1. The van der Waals surface area contributed by atoms with Gasteiger partial charge in [0.05, 0.1) is 11.4 Å². The molecule has 2 amide bonds. The molecule has 116 valence electrons. The Hall–Kier alpha value is -2.76. The Morgan fingerprint density at radius 3 is 2.64 bits per heavy atom. The van der Waals surface area contributed by atoms with Crippen molar-refractivity contribution in [3.8, 4) is 5.75 Å². The van der Waals surface area contributed by atoms with Crippen LogP contribution in [0.5, 0.6) is 5.75 Å². The van der Waals surface area contributed by atoms with Crippen molar-refractivity contribution in [2.24, 2.45) is 0 Å². The molecule has 0 spiro atoms. The molecule has 0 saturated carbocycles. The van der Waals surface area contributed by atoms with Gasteiger partial charge in [-0.3, -0.25) is 0 Å². The first-order valence-electron chi connectivity index (χ1n) is 6.76. The van der Waals surface area contributed by atoms with Gasteiger partial charge in [0.25, 0.3) is 0 Å². The van der Waals surface area contributed by atoms with E-state index in [-0.39, 0.29) is 12.6 Å². The third-order valence-corrected chi connectivity index (χ3v) is 3.10. The Labute approximate surface area is 128 Å². The monoisotopic (exact) mass is 303 g/mol. The fourth-order valence-electron chi connectivity index (χ4n) is 1.98. The summed E-state index contributed by atoms with van der Waals surface area (Å²) >= 11 is 0. The molecule has 2 aromatic rings. The molecule has 0 heterocycles. The van der Waals surface area contributed by atoms with Crippen molar-refractivity contribution in [3.63, 3.8) is 0 Å². The summed E-state index contributed by atoms with van der Waals surface area (Å²) in [5.74, 6) is -1.12. The van der Waals surface area contributed by atoms with Crippen molar-refractivity contribution in [1.29, 1.82) is 0 Å². The maximum absolute atomic E-state index is 13.2. The smallest absolute Gasteiger partial charge is 0.319 e. The Morgan fingerprint density at radius 2 is 1.95 bits per heavy atom. The van der Waals surface area contributed by atoms with Gasteiger partial charge in [-0.25, -0.2) is 9.18 Å². The fraction of sp³-hybridized carbons (Fsp3) is 0.188. The molecule has 0 aliphatic rings. The van der Waals surface area contributed by atoms with E-state index >= 15 is 0 Å². The predicted octanol–water partition coefficient (Wildman–Crippen LogP) is 2.92. The number of nitrogens with one attached hydrogen (secondary N) is 2. The lowest BCUT2D eigenvalue weighted by Crippen LogP contribution is -2.29. The normalized spacial score (nSPS) is 10.1. The van der Waals surface area contributed by atoms with Gasteiger partial charge in [0, 0.05) is 20.6 Å². The molecular formula is C16H18FN3O2. The molecule has 0 atom stereocenters. The lowest BCUT2D eigenvalue weighted by Gasteiger charge is -2.18. The molecule has 0 fully saturated rings. The summed E-state index contributed by atoms with van der Waals surface area (Å²) in [6.45, 7) is 0.160. The number of hydrogen-bond acceptors (Lipinski definition) is 3. The molecular weight excluding hydrogens is 285 g/mol. The van der Waals surface area contributed by atoms with Crippen LogP contribution in [0, 0.1) is 5.82 Å². The minimum absolute atomic E-state index is 0.160. The Morgan fingerprint density at radius 1 is 1.23 bits per heavy atom. The summed E-state index contributed by atoms with van der Waals surface area (Å²) in [6, 6.07) is 11.0.